The Labute approximate surface area is 111 Å². The van der Waals surface area contributed by atoms with Crippen molar-refractivity contribution in [3.8, 4) is 0 Å². The van der Waals surface area contributed by atoms with Crippen LogP contribution in [0.4, 0.5) is 0 Å². The third-order valence-corrected chi connectivity index (χ3v) is 2.63. The lowest BCUT2D eigenvalue weighted by Gasteiger charge is -2.15. The van der Waals surface area contributed by atoms with Gasteiger partial charge in [0, 0.05) is 32.5 Å². The minimum absolute atomic E-state index is 0.167. The van der Waals surface area contributed by atoms with Crippen molar-refractivity contribution in [2.75, 3.05) is 13.6 Å². The standard InChI is InChI=1S/C12H16N6O/c1-17(8-10-2-5-14-6-3-10)12(19)11-9-18(7-4-13)16-15-11/h2-3,5-6,9H,4,7-8,13H2,1H3. The summed E-state index contributed by atoms with van der Waals surface area (Å²) >= 11 is 0. The normalized spacial score (nSPS) is 10.4. The number of nitrogens with zero attached hydrogens (tertiary/aromatic N) is 5. The molecule has 0 aliphatic heterocycles. The van der Waals surface area contributed by atoms with Crippen molar-refractivity contribution in [3.05, 3.63) is 42.0 Å². The zero-order valence-corrected chi connectivity index (χ0v) is 10.7. The van der Waals surface area contributed by atoms with Crippen LogP contribution < -0.4 is 5.73 Å². The molecule has 2 aromatic heterocycles. The maximum absolute atomic E-state index is 12.1. The van der Waals surface area contributed by atoms with Crippen LogP contribution in [-0.4, -0.2) is 44.4 Å². The van der Waals surface area contributed by atoms with Gasteiger partial charge in [0.15, 0.2) is 5.69 Å². The number of aromatic nitrogens is 4. The lowest BCUT2D eigenvalue weighted by molar-refractivity contribution is 0.0779. The molecule has 0 spiro atoms. The Morgan fingerprint density at radius 2 is 2.16 bits per heavy atom. The number of rotatable bonds is 5. The van der Waals surface area contributed by atoms with E-state index in [0.29, 0.717) is 25.3 Å². The van der Waals surface area contributed by atoms with Crippen molar-refractivity contribution in [3.63, 3.8) is 0 Å². The van der Waals surface area contributed by atoms with Crippen LogP contribution in [0.25, 0.3) is 0 Å². The van der Waals surface area contributed by atoms with E-state index in [1.54, 1.807) is 35.2 Å². The summed E-state index contributed by atoms with van der Waals surface area (Å²) in [6.07, 6.45) is 5.01. The van der Waals surface area contributed by atoms with Gasteiger partial charge in [0.2, 0.25) is 0 Å². The van der Waals surface area contributed by atoms with Crippen molar-refractivity contribution < 1.29 is 4.79 Å². The summed E-state index contributed by atoms with van der Waals surface area (Å²) in [6.45, 7) is 1.52. The molecule has 7 nitrogen and oxygen atoms in total. The molecule has 0 atom stereocenters. The van der Waals surface area contributed by atoms with E-state index in [9.17, 15) is 4.79 Å². The SMILES string of the molecule is CN(Cc1ccncc1)C(=O)c1cn(CCN)nn1. The maximum Gasteiger partial charge on any atom is 0.276 e. The lowest BCUT2D eigenvalue weighted by Crippen LogP contribution is -2.26. The average molecular weight is 260 g/mol. The van der Waals surface area contributed by atoms with E-state index < -0.39 is 0 Å². The number of pyridine rings is 1. The van der Waals surface area contributed by atoms with Crippen LogP contribution in [0, 0.1) is 0 Å². The highest BCUT2D eigenvalue weighted by molar-refractivity contribution is 5.91. The predicted octanol–water partition coefficient (Wildman–Crippen LogP) is -0.0960. The molecule has 19 heavy (non-hydrogen) atoms. The Morgan fingerprint density at radius 3 is 2.84 bits per heavy atom. The minimum atomic E-state index is -0.167. The van der Waals surface area contributed by atoms with Crippen LogP contribution in [0.5, 0.6) is 0 Å². The Hall–Kier alpha value is -2.28. The van der Waals surface area contributed by atoms with E-state index in [-0.39, 0.29) is 5.91 Å². The Kier molecular flexibility index (Phi) is 4.19. The predicted molar refractivity (Wildman–Crippen MR) is 69.1 cm³/mol. The highest BCUT2D eigenvalue weighted by Crippen LogP contribution is 2.05. The van der Waals surface area contributed by atoms with Gasteiger partial charge >= 0.3 is 0 Å². The zero-order chi connectivity index (χ0) is 13.7. The largest absolute Gasteiger partial charge is 0.336 e. The van der Waals surface area contributed by atoms with Crippen LogP contribution in [0.1, 0.15) is 16.1 Å². The molecule has 0 bridgehead atoms. The van der Waals surface area contributed by atoms with Crippen molar-refractivity contribution in [2.24, 2.45) is 5.73 Å². The fraction of sp³-hybridized carbons (Fsp3) is 0.333. The molecule has 2 aromatic rings. The molecule has 0 radical (unpaired) electrons. The summed E-state index contributed by atoms with van der Waals surface area (Å²) in [5.41, 5.74) is 6.76. The first-order chi connectivity index (χ1) is 9.20. The molecule has 0 saturated heterocycles. The van der Waals surface area contributed by atoms with E-state index >= 15 is 0 Å². The molecule has 0 aliphatic rings. The van der Waals surface area contributed by atoms with Gasteiger partial charge in [-0.25, -0.2) is 0 Å². The molecule has 1 amide bonds. The monoisotopic (exact) mass is 260 g/mol. The van der Waals surface area contributed by atoms with E-state index in [0.717, 1.165) is 5.56 Å². The maximum atomic E-state index is 12.1. The Balaban J connectivity index is 2.02. The van der Waals surface area contributed by atoms with Gasteiger partial charge in [-0.2, -0.15) is 0 Å². The Bertz CT molecular complexity index is 538. The minimum Gasteiger partial charge on any atom is -0.336 e. The van der Waals surface area contributed by atoms with Crippen LogP contribution in [0.15, 0.2) is 30.7 Å². The van der Waals surface area contributed by atoms with Crippen molar-refractivity contribution in [1.82, 2.24) is 24.9 Å². The fourth-order valence-corrected chi connectivity index (χ4v) is 1.67. The molecule has 2 N–H and O–H groups in total. The summed E-state index contributed by atoms with van der Waals surface area (Å²) in [5, 5.41) is 7.70. The summed E-state index contributed by atoms with van der Waals surface area (Å²) < 4.78 is 1.56. The summed E-state index contributed by atoms with van der Waals surface area (Å²) in [6, 6.07) is 3.74. The van der Waals surface area contributed by atoms with Gasteiger partial charge < -0.3 is 10.6 Å². The third-order valence-electron chi connectivity index (χ3n) is 2.63. The second kappa shape index (κ2) is 6.05. The van der Waals surface area contributed by atoms with Gasteiger partial charge in [-0.05, 0) is 17.7 Å². The number of hydrogen-bond donors (Lipinski definition) is 1. The van der Waals surface area contributed by atoms with Crippen molar-refractivity contribution in [2.45, 2.75) is 13.1 Å². The topological polar surface area (TPSA) is 89.9 Å². The Morgan fingerprint density at radius 1 is 1.42 bits per heavy atom. The molecule has 0 aromatic carbocycles. The van der Waals surface area contributed by atoms with Gasteiger partial charge in [0.25, 0.3) is 5.91 Å². The third kappa shape index (κ3) is 3.35. The molecular weight excluding hydrogens is 244 g/mol. The molecule has 0 saturated carbocycles. The first-order valence-electron chi connectivity index (χ1n) is 5.95. The van der Waals surface area contributed by atoms with Crippen molar-refractivity contribution >= 4 is 5.91 Å². The summed E-state index contributed by atoms with van der Waals surface area (Å²) in [7, 11) is 1.73. The number of carbonyl (C=O) groups is 1. The van der Waals surface area contributed by atoms with Gasteiger partial charge in [-0.1, -0.05) is 5.21 Å². The quantitative estimate of drug-likeness (QED) is 0.811. The number of carbonyl (C=O) groups excluding carboxylic acids is 1. The molecule has 7 heteroatoms. The zero-order valence-electron chi connectivity index (χ0n) is 10.7. The smallest absolute Gasteiger partial charge is 0.276 e. The molecule has 0 aliphatic carbocycles. The van der Waals surface area contributed by atoms with Crippen LogP contribution in [0.3, 0.4) is 0 Å². The second-order valence-electron chi connectivity index (χ2n) is 4.17. The fourth-order valence-electron chi connectivity index (χ4n) is 1.67. The first-order valence-corrected chi connectivity index (χ1v) is 5.95. The van der Waals surface area contributed by atoms with Crippen LogP contribution in [0.2, 0.25) is 0 Å². The average Bonchev–Trinajstić information content (AvgIpc) is 2.88. The lowest BCUT2D eigenvalue weighted by atomic mass is 10.2. The second-order valence-corrected chi connectivity index (χ2v) is 4.17. The molecule has 2 rings (SSSR count). The number of hydrogen-bond acceptors (Lipinski definition) is 5. The highest BCUT2D eigenvalue weighted by Gasteiger charge is 2.15. The highest BCUT2D eigenvalue weighted by atomic mass is 16.2. The van der Waals surface area contributed by atoms with Gasteiger partial charge in [0.1, 0.15) is 0 Å². The molecule has 100 valence electrons. The van der Waals surface area contributed by atoms with Gasteiger partial charge in [-0.3, -0.25) is 14.5 Å². The van der Waals surface area contributed by atoms with Crippen LogP contribution in [-0.2, 0) is 13.1 Å². The number of nitrogens with two attached hydrogens (primary N) is 1. The molecule has 0 fully saturated rings. The van der Waals surface area contributed by atoms with Crippen molar-refractivity contribution in [1.29, 1.82) is 0 Å². The van der Waals surface area contributed by atoms with E-state index in [2.05, 4.69) is 15.3 Å². The summed E-state index contributed by atoms with van der Waals surface area (Å²) in [4.78, 5) is 17.7. The van der Waals surface area contributed by atoms with E-state index in [1.807, 2.05) is 12.1 Å². The van der Waals surface area contributed by atoms with E-state index in [1.165, 1.54) is 0 Å². The van der Waals surface area contributed by atoms with Gasteiger partial charge in [-0.15, -0.1) is 5.10 Å². The first kappa shape index (κ1) is 13.2. The van der Waals surface area contributed by atoms with Crippen LogP contribution >= 0.6 is 0 Å². The molecular formula is C12H16N6O. The van der Waals surface area contributed by atoms with E-state index in [4.69, 9.17) is 5.73 Å². The number of amides is 1. The molecule has 0 unspecified atom stereocenters. The molecule has 2 heterocycles. The summed E-state index contributed by atoms with van der Waals surface area (Å²) in [5.74, 6) is -0.167. The van der Waals surface area contributed by atoms with Gasteiger partial charge in [0.05, 0.1) is 12.7 Å².